The molecule has 2 aromatic rings. The van der Waals surface area contributed by atoms with Crippen LogP contribution in [0.15, 0.2) is 15.9 Å². The zero-order valence-electron chi connectivity index (χ0n) is 8.95. The fraction of sp³-hybridized carbons (Fsp3) is 0.300. The van der Waals surface area contributed by atoms with Gasteiger partial charge in [-0.2, -0.15) is 0 Å². The Morgan fingerprint density at radius 3 is 2.62 bits per heavy atom. The van der Waals surface area contributed by atoms with E-state index in [0.717, 1.165) is 15.2 Å². The summed E-state index contributed by atoms with van der Waals surface area (Å²) in [6, 6.07) is 2.06. The number of thiazole rings is 1. The molecule has 0 amide bonds. The van der Waals surface area contributed by atoms with Gasteiger partial charge in [0, 0.05) is 9.35 Å². The molecule has 2 rings (SSSR count). The predicted octanol–water partition coefficient (Wildman–Crippen LogP) is 3.14. The van der Waals surface area contributed by atoms with Crippen LogP contribution in [0.1, 0.15) is 26.5 Å². The lowest BCUT2D eigenvalue weighted by Crippen LogP contribution is -2.28. The van der Waals surface area contributed by atoms with Gasteiger partial charge in [0.1, 0.15) is 0 Å². The highest BCUT2D eigenvalue weighted by Gasteiger charge is 2.21. The average Bonchev–Trinajstić information content (AvgIpc) is 2.77. The van der Waals surface area contributed by atoms with Gasteiger partial charge in [0.15, 0.2) is 0 Å². The van der Waals surface area contributed by atoms with Crippen LogP contribution in [0.5, 0.6) is 0 Å². The van der Waals surface area contributed by atoms with Gasteiger partial charge >= 0.3 is 0 Å². The van der Waals surface area contributed by atoms with Crippen LogP contribution in [-0.4, -0.2) is 4.98 Å². The first-order valence-corrected chi connectivity index (χ1v) is 7.25. The lowest BCUT2D eigenvalue weighted by molar-refractivity contribution is 0.650. The van der Waals surface area contributed by atoms with Crippen molar-refractivity contribution in [3.05, 3.63) is 36.4 Å². The van der Waals surface area contributed by atoms with Gasteiger partial charge in [0.05, 0.1) is 21.6 Å². The summed E-state index contributed by atoms with van der Waals surface area (Å²) in [5.74, 6) is 5.66. The zero-order chi connectivity index (χ0) is 11.7. The number of aromatic nitrogens is 1. The minimum absolute atomic E-state index is 0.0283. The molecule has 2 aromatic heterocycles. The molecule has 0 radical (unpaired) electrons. The van der Waals surface area contributed by atoms with E-state index in [-0.39, 0.29) is 6.04 Å². The highest BCUT2D eigenvalue weighted by Crippen LogP contribution is 2.36. The molecule has 6 heteroatoms. The van der Waals surface area contributed by atoms with Crippen molar-refractivity contribution < 1.29 is 0 Å². The van der Waals surface area contributed by atoms with Crippen molar-refractivity contribution in [3.63, 3.8) is 0 Å². The van der Waals surface area contributed by atoms with E-state index in [2.05, 4.69) is 26.3 Å². The van der Waals surface area contributed by atoms with Crippen LogP contribution in [0.25, 0.3) is 0 Å². The molecule has 3 N–H and O–H groups in total. The maximum Gasteiger partial charge on any atom is 0.0924 e. The summed E-state index contributed by atoms with van der Waals surface area (Å²) in [6.45, 7) is 4.03. The number of nitrogens with zero attached hydrogens (tertiary/aromatic N) is 1. The summed E-state index contributed by atoms with van der Waals surface area (Å²) in [5, 5.41) is 3.12. The highest BCUT2D eigenvalue weighted by molar-refractivity contribution is 9.10. The molecule has 3 nitrogen and oxygen atoms in total. The van der Waals surface area contributed by atoms with Crippen LogP contribution >= 0.6 is 38.6 Å². The van der Waals surface area contributed by atoms with Crippen LogP contribution in [0.2, 0.25) is 0 Å². The average molecular weight is 318 g/mol. The van der Waals surface area contributed by atoms with Crippen molar-refractivity contribution in [2.75, 3.05) is 0 Å². The van der Waals surface area contributed by atoms with E-state index in [1.165, 1.54) is 9.75 Å². The number of thiophene rings is 1. The lowest BCUT2D eigenvalue weighted by Gasteiger charge is -2.13. The molecule has 1 unspecified atom stereocenters. The molecular formula is C10H12BrN3S2. The zero-order valence-corrected chi connectivity index (χ0v) is 12.2. The molecule has 0 fully saturated rings. The number of nitrogens with one attached hydrogen (secondary N) is 1. The summed E-state index contributed by atoms with van der Waals surface area (Å²) in [4.78, 5) is 6.80. The summed E-state index contributed by atoms with van der Waals surface area (Å²) >= 11 is 6.91. The van der Waals surface area contributed by atoms with Gasteiger partial charge < -0.3 is 0 Å². The summed E-state index contributed by atoms with van der Waals surface area (Å²) in [6.07, 6.45) is 0. The van der Waals surface area contributed by atoms with Crippen molar-refractivity contribution >= 4 is 38.6 Å². The normalized spacial score (nSPS) is 13.0. The van der Waals surface area contributed by atoms with Crippen LogP contribution in [0.3, 0.4) is 0 Å². The van der Waals surface area contributed by atoms with Gasteiger partial charge in [0.25, 0.3) is 0 Å². The molecule has 0 bridgehead atoms. The van der Waals surface area contributed by atoms with E-state index in [4.69, 9.17) is 5.84 Å². The topological polar surface area (TPSA) is 50.9 Å². The largest absolute Gasteiger partial charge is 0.271 e. The number of hydrogen-bond donors (Lipinski definition) is 2. The number of rotatable bonds is 3. The van der Waals surface area contributed by atoms with Crippen molar-refractivity contribution in [1.29, 1.82) is 0 Å². The molecule has 86 valence electrons. The Morgan fingerprint density at radius 2 is 2.19 bits per heavy atom. The maximum atomic E-state index is 5.66. The first-order chi connectivity index (χ1) is 7.63. The summed E-state index contributed by atoms with van der Waals surface area (Å²) in [5.41, 5.74) is 3.91. The van der Waals surface area contributed by atoms with E-state index in [9.17, 15) is 0 Å². The third-order valence-corrected chi connectivity index (χ3v) is 5.35. The number of aryl methyl sites for hydroxylation is 2. The molecule has 16 heavy (non-hydrogen) atoms. The Hall–Kier alpha value is -0.270. The number of hydrazine groups is 1. The van der Waals surface area contributed by atoms with E-state index >= 15 is 0 Å². The van der Waals surface area contributed by atoms with Gasteiger partial charge in [-0.05, 0) is 41.2 Å². The third kappa shape index (κ3) is 2.21. The van der Waals surface area contributed by atoms with Crippen molar-refractivity contribution in [3.8, 4) is 0 Å². The monoisotopic (exact) mass is 317 g/mol. The third-order valence-electron chi connectivity index (χ3n) is 2.28. The van der Waals surface area contributed by atoms with Crippen LogP contribution in [-0.2, 0) is 0 Å². The Balaban J connectivity index is 2.44. The second kappa shape index (κ2) is 4.93. The Kier molecular flexibility index (Phi) is 3.76. The quantitative estimate of drug-likeness (QED) is 0.675. The highest BCUT2D eigenvalue weighted by atomic mass is 79.9. The second-order valence-corrected chi connectivity index (χ2v) is 6.45. The molecule has 1 atom stereocenters. The summed E-state index contributed by atoms with van der Waals surface area (Å²) in [7, 11) is 0. The van der Waals surface area contributed by atoms with Crippen molar-refractivity contribution in [2.24, 2.45) is 5.84 Å². The van der Waals surface area contributed by atoms with E-state index in [1.807, 2.05) is 25.3 Å². The molecule has 0 spiro atoms. The van der Waals surface area contributed by atoms with Crippen molar-refractivity contribution in [1.82, 2.24) is 10.4 Å². The first-order valence-electron chi connectivity index (χ1n) is 4.76. The molecular weight excluding hydrogens is 306 g/mol. The van der Waals surface area contributed by atoms with Crippen LogP contribution in [0, 0.1) is 13.8 Å². The van der Waals surface area contributed by atoms with E-state index in [1.54, 1.807) is 22.7 Å². The van der Waals surface area contributed by atoms with Gasteiger partial charge in [0.2, 0.25) is 0 Å². The van der Waals surface area contributed by atoms with Crippen LogP contribution in [0.4, 0.5) is 0 Å². The summed E-state index contributed by atoms with van der Waals surface area (Å²) < 4.78 is 1.09. The SMILES string of the molecule is Cc1nc(C)c(C(NN)c2sccc2Br)s1. The Labute approximate surface area is 111 Å². The molecule has 2 heterocycles. The van der Waals surface area contributed by atoms with E-state index < -0.39 is 0 Å². The van der Waals surface area contributed by atoms with Crippen molar-refractivity contribution in [2.45, 2.75) is 19.9 Å². The van der Waals surface area contributed by atoms with E-state index in [0.29, 0.717) is 0 Å². The minimum Gasteiger partial charge on any atom is -0.271 e. The van der Waals surface area contributed by atoms with Gasteiger partial charge in [-0.3, -0.25) is 5.84 Å². The fourth-order valence-corrected chi connectivity index (χ4v) is 4.34. The fourth-order valence-electron chi connectivity index (χ4n) is 1.60. The standard InChI is InChI=1S/C10H12BrN3S2/c1-5-9(16-6(2)13-5)8(14-12)10-7(11)3-4-15-10/h3-4,8,14H,12H2,1-2H3. The smallest absolute Gasteiger partial charge is 0.0924 e. The van der Waals surface area contributed by atoms with Gasteiger partial charge in [-0.15, -0.1) is 22.7 Å². The van der Waals surface area contributed by atoms with Crippen LogP contribution < -0.4 is 11.3 Å². The second-order valence-electron chi connectivity index (χ2n) is 3.42. The number of halogens is 1. The molecule has 0 aliphatic rings. The number of nitrogens with two attached hydrogens (primary N) is 1. The molecule has 0 saturated carbocycles. The maximum absolute atomic E-state index is 5.66. The molecule has 0 aromatic carbocycles. The van der Waals surface area contributed by atoms with Gasteiger partial charge in [-0.25, -0.2) is 10.4 Å². The Bertz CT molecular complexity index is 492. The Morgan fingerprint density at radius 1 is 1.44 bits per heavy atom. The first kappa shape index (κ1) is 12.2. The molecule has 0 aliphatic heterocycles. The molecule has 0 aliphatic carbocycles. The predicted molar refractivity (Wildman–Crippen MR) is 72.8 cm³/mol. The number of hydrogen-bond acceptors (Lipinski definition) is 5. The minimum atomic E-state index is 0.0283. The van der Waals surface area contributed by atoms with Gasteiger partial charge in [-0.1, -0.05) is 0 Å². The molecule has 0 saturated heterocycles. The lowest BCUT2D eigenvalue weighted by atomic mass is 10.2.